The number of hydrogen-bond acceptors (Lipinski definition) is 7. The van der Waals surface area contributed by atoms with Crippen molar-refractivity contribution in [3.05, 3.63) is 77.6 Å². The van der Waals surface area contributed by atoms with Crippen LogP contribution in [0.15, 0.2) is 36.4 Å². The average Bonchev–Trinajstić information content (AvgIpc) is 3.98. The molecule has 2 saturated heterocycles. The smallest absolute Gasteiger partial charge is 0.252 e. The number of hydrogen-bond donors (Lipinski definition) is 1. The van der Waals surface area contributed by atoms with E-state index in [0.29, 0.717) is 23.9 Å². The highest BCUT2D eigenvalue weighted by Gasteiger charge is 2.38. The maximum Gasteiger partial charge on any atom is 0.252 e. The third-order valence-corrected chi connectivity index (χ3v) is 14.6. The Morgan fingerprint density at radius 2 is 1.07 bits per heavy atom. The number of nitrogens with one attached hydrogen (secondary N) is 1. The van der Waals surface area contributed by atoms with E-state index in [9.17, 15) is 9.59 Å². The number of aryl methyl sites for hydroxylation is 4. The first-order valence-corrected chi connectivity index (χ1v) is 22.5. The summed E-state index contributed by atoms with van der Waals surface area (Å²) >= 11 is 15.4. The lowest BCUT2D eigenvalue weighted by Gasteiger charge is -2.27. The van der Waals surface area contributed by atoms with Crippen LogP contribution in [0.5, 0.6) is 0 Å². The zero-order valence-corrected chi connectivity index (χ0v) is 35.9. The largest absolute Gasteiger partial charge is 0.311 e. The monoisotopic (exact) mass is 809 g/mol. The highest BCUT2D eigenvalue weighted by molar-refractivity contribution is 7.16. The summed E-state index contributed by atoms with van der Waals surface area (Å²) in [6.07, 6.45) is 14.9. The Hall–Kier alpha value is -2.30. The molecule has 0 spiro atoms. The maximum atomic E-state index is 13.0. The van der Waals surface area contributed by atoms with Gasteiger partial charge in [0.05, 0.1) is 20.1 Å². The molecule has 4 aromatic heterocycles. The summed E-state index contributed by atoms with van der Waals surface area (Å²) in [7, 11) is 0. The van der Waals surface area contributed by atoms with Gasteiger partial charge in [-0.25, -0.2) is 9.36 Å². The highest BCUT2D eigenvalue weighted by Crippen LogP contribution is 2.48. The van der Waals surface area contributed by atoms with Crippen LogP contribution < -0.4 is 5.32 Å². The second kappa shape index (κ2) is 16.3. The zero-order chi connectivity index (χ0) is 38.4. The SMILES string of the molecule is CC(C)(C)C(=O)n1nc(C2CC3CCC(C2)N3)cc1CCc1ccc(Cl)s1.CC(C)(C)C(=O)n1nc(C2CC3CCC(C3)C2)cc1CCc1ccc(Cl)s1. The zero-order valence-electron chi connectivity index (χ0n) is 32.8. The molecule has 4 aliphatic rings. The fourth-order valence-electron chi connectivity index (χ4n) is 9.15. The van der Waals surface area contributed by atoms with Crippen molar-refractivity contribution in [2.24, 2.45) is 22.7 Å². The number of halogens is 2. The van der Waals surface area contributed by atoms with Gasteiger partial charge >= 0.3 is 0 Å². The van der Waals surface area contributed by atoms with E-state index in [0.717, 1.165) is 81.8 Å². The molecule has 6 heterocycles. The van der Waals surface area contributed by atoms with E-state index < -0.39 is 10.8 Å². The van der Waals surface area contributed by atoms with Gasteiger partial charge in [0.1, 0.15) is 0 Å². The Kier molecular flexibility index (Phi) is 12.0. The first kappa shape index (κ1) is 39.9. The minimum Gasteiger partial charge on any atom is -0.311 e. The van der Waals surface area contributed by atoms with Gasteiger partial charge < -0.3 is 5.32 Å². The molecule has 4 atom stereocenters. The third-order valence-electron chi connectivity index (χ3n) is 12.0. The predicted octanol–water partition coefficient (Wildman–Crippen LogP) is 11.4. The quantitative estimate of drug-likeness (QED) is 0.192. The predicted molar refractivity (Wildman–Crippen MR) is 223 cm³/mol. The summed E-state index contributed by atoms with van der Waals surface area (Å²) in [6.45, 7) is 11.8. The Bertz CT molecular complexity index is 1780. The summed E-state index contributed by atoms with van der Waals surface area (Å²) in [5, 5.41) is 13.4. The van der Waals surface area contributed by atoms with Gasteiger partial charge in [-0.3, -0.25) is 9.59 Å². The average molecular weight is 811 g/mol. The first-order valence-electron chi connectivity index (χ1n) is 20.1. The van der Waals surface area contributed by atoms with Crippen molar-refractivity contribution in [3.8, 4) is 0 Å². The van der Waals surface area contributed by atoms with Gasteiger partial charge in [0, 0.05) is 55.9 Å². The summed E-state index contributed by atoms with van der Waals surface area (Å²) in [6, 6.07) is 13.7. The second-order valence-electron chi connectivity index (χ2n) is 18.5. The summed E-state index contributed by atoms with van der Waals surface area (Å²) in [4.78, 5) is 28.5. The number of carbonyl (C=O) groups excluding carboxylic acids is 2. The molecule has 4 unspecified atom stereocenters. The van der Waals surface area contributed by atoms with Crippen LogP contribution in [0.2, 0.25) is 8.67 Å². The van der Waals surface area contributed by atoms with Crippen LogP contribution in [0, 0.1) is 22.7 Å². The van der Waals surface area contributed by atoms with E-state index in [1.54, 1.807) is 32.0 Å². The molecule has 8 rings (SSSR count). The van der Waals surface area contributed by atoms with Crippen LogP contribution in [0.4, 0.5) is 0 Å². The number of nitrogens with zero attached hydrogens (tertiary/aromatic N) is 4. The van der Waals surface area contributed by atoms with Crippen LogP contribution in [-0.2, 0) is 25.7 Å². The van der Waals surface area contributed by atoms with Gasteiger partial charge in [0.25, 0.3) is 11.8 Å². The molecule has 1 N–H and O–H groups in total. The van der Waals surface area contributed by atoms with E-state index in [-0.39, 0.29) is 11.8 Å². The fraction of sp³-hybridized carbons (Fsp3) is 0.628. The maximum absolute atomic E-state index is 13.0. The van der Waals surface area contributed by atoms with Gasteiger partial charge in [-0.05, 0) is 119 Å². The molecule has 7 nitrogen and oxygen atoms in total. The van der Waals surface area contributed by atoms with Gasteiger partial charge in [0.2, 0.25) is 0 Å². The van der Waals surface area contributed by atoms with E-state index >= 15 is 0 Å². The molecule has 4 fully saturated rings. The molecule has 4 aromatic rings. The van der Waals surface area contributed by atoms with Crippen LogP contribution >= 0.6 is 45.9 Å². The molecule has 0 aromatic carbocycles. The molecule has 292 valence electrons. The van der Waals surface area contributed by atoms with Crippen molar-refractivity contribution in [2.75, 3.05) is 0 Å². The molecule has 0 radical (unpaired) electrons. The minimum atomic E-state index is -0.447. The Labute approximate surface area is 339 Å². The number of aromatic nitrogens is 4. The number of rotatable bonds is 8. The van der Waals surface area contributed by atoms with Crippen LogP contribution in [-0.4, -0.2) is 43.5 Å². The molecule has 54 heavy (non-hydrogen) atoms. The Morgan fingerprint density at radius 3 is 1.46 bits per heavy atom. The normalized spacial score (nSPS) is 25.1. The van der Waals surface area contributed by atoms with Crippen LogP contribution in [0.3, 0.4) is 0 Å². The molecule has 4 bridgehead atoms. The molecule has 11 heteroatoms. The molecule has 2 aliphatic carbocycles. The fourth-order valence-corrected chi connectivity index (χ4v) is 11.3. The van der Waals surface area contributed by atoms with Crippen molar-refractivity contribution >= 4 is 57.7 Å². The molecular formula is C43H57Cl2N5O2S2. The number of piperidine rings is 1. The third kappa shape index (κ3) is 9.45. The number of fused-ring (bicyclic) bond motifs is 4. The van der Waals surface area contributed by atoms with Gasteiger partial charge in [-0.15, -0.1) is 22.7 Å². The molecule has 0 amide bonds. The highest BCUT2D eigenvalue weighted by atomic mass is 35.5. The van der Waals surface area contributed by atoms with E-state index in [4.69, 9.17) is 33.4 Å². The van der Waals surface area contributed by atoms with Crippen molar-refractivity contribution in [1.82, 2.24) is 24.9 Å². The van der Waals surface area contributed by atoms with Crippen LogP contribution in [0.25, 0.3) is 0 Å². The van der Waals surface area contributed by atoms with Gasteiger partial charge in [-0.2, -0.15) is 10.2 Å². The van der Waals surface area contributed by atoms with Crippen molar-refractivity contribution in [1.29, 1.82) is 0 Å². The summed E-state index contributed by atoms with van der Waals surface area (Å²) in [5.74, 6) is 2.90. The van der Waals surface area contributed by atoms with Crippen molar-refractivity contribution < 1.29 is 9.59 Å². The molecule has 2 saturated carbocycles. The first-order chi connectivity index (χ1) is 25.6. The van der Waals surface area contributed by atoms with Gasteiger partial charge in [0.15, 0.2) is 0 Å². The van der Waals surface area contributed by atoms with E-state index in [1.807, 2.05) is 53.7 Å². The standard InChI is InChI=1S/C22H29ClN2OS.C21H28ClN3OS/c1-22(2,3)21(26)25-17(6-7-18-8-9-20(23)27-18)13-19(24-25)16-11-14-4-5-15(10-14)12-16;1-21(2,3)20(26)25-16(6-7-17-8-9-19(22)27-17)12-18(24-25)13-10-14-4-5-15(11-13)23-14/h8-9,13-16H,4-7,10-12H2,1-3H3;8-9,12-15,23H,4-7,10-11H2,1-3H3. The second-order valence-corrected chi connectivity index (χ2v) is 22.1. The number of thiophene rings is 2. The summed E-state index contributed by atoms with van der Waals surface area (Å²) < 4.78 is 5.04. The van der Waals surface area contributed by atoms with Crippen molar-refractivity contribution in [3.63, 3.8) is 0 Å². The van der Waals surface area contributed by atoms with Crippen LogP contribution in [0.1, 0.15) is 153 Å². The number of carbonyl (C=O) groups is 2. The summed E-state index contributed by atoms with van der Waals surface area (Å²) in [5.41, 5.74) is 3.44. The topological polar surface area (TPSA) is 81.8 Å². The minimum absolute atomic E-state index is 0.0740. The van der Waals surface area contributed by atoms with E-state index in [1.165, 1.54) is 54.7 Å². The molecule has 2 aliphatic heterocycles. The Morgan fingerprint density at radius 1 is 0.648 bits per heavy atom. The lowest BCUT2D eigenvalue weighted by Crippen LogP contribution is -2.37. The Balaban J connectivity index is 0.000000167. The van der Waals surface area contributed by atoms with E-state index in [2.05, 4.69) is 29.6 Å². The van der Waals surface area contributed by atoms with Crippen molar-refractivity contribution in [2.45, 2.75) is 149 Å². The molecular weight excluding hydrogens is 754 g/mol. The lowest BCUT2D eigenvalue weighted by atomic mass is 9.79. The van der Waals surface area contributed by atoms with Gasteiger partial charge in [-0.1, -0.05) is 77.6 Å². The lowest BCUT2D eigenvalue weighted by molar-refractivity contribution is 0.0737.